The van der Waals surface area contributed by atoms with Crippen molar-refractivity contribution in [3.8, 4) is 0 Å². The van der Waals surface area contributed by atoms with Crippen LogP contribution in [0.5, 0.6) is 0 Å². The maximum absolute atomic E-state index is 6.14. The summed E-state index contributed by atoms with van der Waals surface area (Å²) in [7, 11) is 3.50. The molecule has 1 aliphatic carbocycles. The minimum atomic E-state index is -0.213. The van der Waals surface area contributed by atoms with Gasteiger partial charge >= 0.3 is 0 Å². The van der Waals surface area contributed by atoms with Gasteiger partial charge in [0.1, 0.15) is 0 Å². The Kier molecular flexibility index (Phi) is 10.5. The molecule has 0 amide bonds. The molecule has 0 saturated heterocycles. The highest BCUT2D eigenvalue weighted by atomic mass is 127. The average molecular weight is 475 g/mol. The van der Waals surface area contributed by atoms with Crippen LogP contribution in [-0.2, 0) is 15.9 Å². The summed E-state index contributed by atoms with van der Waals surface area (Å²) in [6.07, 6.45) is 4.72. The van der Waals surface area contributed by atoms with Gasteiger partial charge in [-0.05, 0) is 50.7 Å². The Labute approximate surface area is 175 Å². The molecule has 1 aromatic rings. The molecule has 0 aliphatic heterocycles. The van der Waals surface area contributed by atoms with Gasteiger partial charge in [-0.25, -0.2) is 0 Å². The van der Waals surface area contributed by atoms with Gasteiger partial charge in [-0.3, -0.25) is 4.99 Å². The van der Waals surface area contributed by atoms with Crippen LogP contribution in [0.25, 0.3) is 0 Å². The highest BCUT2D eigenvalue weighted by molar-refractivity contribution is 14.0. The molecule has 2 N–H and O–H groups in total. The third-order valence-electron chi connectivity index (χ3n) is 4.70. The van der Waals surface area contributed by atoms with Crippen molar-refractivity contribution in [3.05, 3.63) is 35.4 Å². The Morgan fingerprint density at radius 3 is 2.77 bits per heavy atom. The van der Waals surface area contributed by atoms with Crippen molar-refractivity contribution in [3.63, 3.8) is 0 Å². The van der Waals surface area contributed by atoms with Gasteiger partial charge in [0.2, 0.25) is 0 Å². The number of benzene rings is 1. The average Bonchev–Trinajstić information content (AvgIpc) is 2.64. The minimum Gasteiger partial charge on any atom is -0.377 e. The molecule has 1 aromatic carbocycles. The van der Waals surface area contributed by atoms with Crippen LogP contribution in [-0.4, -0.2) is 45.4 Å². The number of halogens is 1. The summed E-state index contributed by atoms with van der Waals surface area (Å²) in [5.74, 6) is 0.799. The van der Waals surface area contributed by atoms with Gasteiger partial charge in [-0.1, -0.05) is 24.3 Å². The molecule has 0 saturated carbocycles. The van der Waals surface area contributed by atoms with E-state index < -0.39 is 0 Å². The SMILES string of the molecule is CN=C(NCCCOC1CCCc2ccccc21)NCC(C)(C)OC.I. The molecule has 26 heavy (non-hydrogen) atoms. The smallest absolute Gasteiger partial charge is 0.191 e. The Hall–Kier alpha value is -0.860. The molecule has 1 aliphatic rings. The zero-order valence-corrected chi connectivity index (χ0v) is 18.8. The molecule has 0 bridgehead atoms. The molecule has 6 heteroatoms. The highest BCUT2D eigenvalue weighted by Gasteiger charge is 2.20. The molecule has 2 rings (SSSR count). The molecular formula is C20H34IN3O2. The lowest BCUT2D eigenvalue weighted by molar-refractivity contribution is 0.0267. The quantitative estimate of drug-likeness (QED) is 0.261. The van der Waals surface area contributed by atoms with Gasteiger partial charge in [0.25, 0.3) is 0 Å². The standard InChI is InChI=1S/C20H33N3O2.HI/c1-20(2,24-4)15-23-19(21-3)22-13-8-14-25-18-12-7-10-16-9-5-6-11-17(16)18;/h5-6,9,11,18H,7-8,10,12-15H2,1-4H3,(H2,21,22,23);1H. The third kappa shape index (κ3) is 7.40. The van der Waals surface area contributed by atoms with Crippen LogP contribution < -0.4 is 10.6 Å². The van der Waals surface area contributed by atoms with E-state index in [0.717, 1.165) is 32.0 Å². The highest BCUT2D eigenvalue weighted by Crippen LogP contribution is 2.32. The van der Waals surface area contributed by atoms with Crippen LogP contribution in [0.1, 0.15) is 50.3 Å². The van der Waals surface area contributed by atoms with Crippen LogP contribution in [0.3, 0.4) is 0 Å². The third-order valence-corrected chi connectivity index (χ3v) is 4.70. The van der Waals surface area contributed by atoms with Crippen molar-refractivity contribution in [1.29, 1.82) is 0 Å². The molecular weight excluding hydrogens is 441 g/mol. The zero-order chi connectivity index (χ0) is 18.1. The maximum Gasteiger partial charge on any atom is 0.191 e. The number of hydrogen-bond acceptors (Lipinski definition) is 3. The van der Waals surface area contributed by atoms with Gasteiger partial charge in [0.15, 0.2) is 5.96 Å². The lowest BCUT2D eigenvalue weighted by Gasteiger charge is -2.26. The Morgan fingerprint density at radius 1 is 1.27 bits per heavy atom. The molecule has 148 valence electrons. The largest absolute Gasteiger partial charge is 0.377 e. The predicted octanol–water partition coefficient (Wildman–Crippen LogP) is 3.68. The van der Waals surface area contributed by atoms with Crippen LogP contribution >= 0.6 is 24.0 Å². The molecule has 0 heterocycles. The van der Waals surface area contributed by atoms with E-state index in [1.807, 2.05) is 13.8 Å². The summed E-state index contributed by atoms with van der Waals surface area (Å²) in [6, 6.07) is 8.66. The van der Waals surface area contributed by atoms with Crippen LogP contribution in [0, 0.1) is 0 Å². The van der Waals surface area contributed by atoms with E-state index in [4.69, 9.17) is 9.47 Å². The second-order valence-corrected chi connectivity index (χ2v) is 7.12. The number of ether oxygens (including phenoxy) is 2. The van der Waals surface area contributed by atoms with Gasteiger partial charge in [0, 0.05) is 33.9 Å². The number of nitrogens with zero attached hydrogens (tertiary/aromatic N) is 1. The van der Waals surface area contributed by atoms with Crippen molar-refractivity contribution < 1.29 is 9.47 Å². The van der Waals surface area contributed by atoms with Gasteiger partial charge < -0.3 is 20.1 Å². The monoisotopic (exact) mass is 475 g/mol. The zero-order valence-electron chi connectivity index (χ0n) is 16.5. The predicted molar refractivity (Wildman–Crippen MR) is 119 cm³/mol. The normalized spacial score (nSPS) is 17.2. The van der Waals surface area contributed by atoms with E-state index in [2.05, 4.69) is 39.9 Å². The lowest BCUT2D eigenvalue weighted by Crippen LogP contribution is -2.45. The minimum absolute atomic E-state index is 0. The van der Waals surface area contributed by atoms with Crippen LogP contribution in [0.4, 0.5) is 0 Å². The van der Waals surface area contributed by atoms with E-state index in [-0.39, 0.29) is 35.7 Å². The summed E-state index contributed by atoms with van der Waals surface area (Å²) in [4.78, 5) is 4.24. The first-order valence-corrected chi connectivity index (χ1v) is 9.25. The lowest BCUT2D eigenvalue weighted by atomic mass is 9.89. The molecule has 5 nitrogen and oxygen atoms in total. The van der Waals surface area contributed by atoms with E-state index >= 15 is 0 Å². The van der Waals surface area contributed by atoms with Crippen molar-refractivity contribution in [2.24, 2.45) is 4.99 Å². The molecule has 0 spiro atoms. The van der Waals surface area contributed by atoms with Crippen molar-refractivity contribution in [2.75, 3.05) is 33.9 Å². The number of fused-ring (bicyclic) bond motifs is 1. The summed E-state index contributed by atoms with van der Waals surface area (Å²) in [5, 5.41) is 6.61. The van der Waals surface area contributed by atoms with Crippen molar-refractivity contribution in [1.82, 2.24) is 10.6 Å². The van der Waals surface area contributed by atoms with E-state index in [0.29, 0.717) is 6.54 Å². The molecule has 0 fully saturated rings. The topological polar surface area (TPSA) is 54.9 Å². The van der Waals surface area contributed by atoms with E-state index in [1.54, 1.807) is 14.2 Å². The Bertz CT molecular complexity index is 564. The van der Waals surface area contributed by atoms with E-state index in [1.165, 1.54) is 24.0 Å². The molecule has 0 radical (unpaired) electrons. The molecule has 1 unspecified atom stereocenters. The number of aryl methyl sites for hydroxylation is 1. The van der Waals surface area contributed by atoms with Crippen LogP contribution in [0.15, 0.2) is 29.3 Å². The summed E-state index contributed by atoms with van der Waals surface area (Å²) in [6.45, 7) is 6.39. The number of hydrogen-bond donors (Lipinski definition) is 2. The van der Waals surface area contributed by atoms with Crippen molar-refractivity contribution in [2.45, 2.75) is 51.2 Å². The number of rotatable bonds is 8. The van der Waals surface area contributed by atoms with Crippen LogP contribution in [0.2, 0.25) is 0 Å². The Morgan fingerprint density at radius 2 is 2.04 bits per heavy atom. The van der Waals surface area contributed by atoms with Gasteiger partial charge in [0.05, 0.1) is 11.7 Å². The van der Waals surface area contributed by atoms with Gasteiger partial charge in [-0.15, -0.1) is 24.0 Å². The fourth-order valence-corrected chi connectivity index (χ4v) is 2.98. The number of methoxy groups -OCH3 is 1. The maximum atomic E-state index is 6.14. The van der Waals surface area contributed by atoms with E-state index in [9.17, 15) is 0 Å². The Balaban J connectivity index is 0.00000338. The summed E-state index contributed by atoms with van der Waals surface area (Å²) in [5.41, 5.74) is 2.61. The second-order valence-electron chi connectivity index (χ2n) is 7.12. The first-order valence-electron chi connectivity index (χ1n) is 9.25. The number of aliphatic imine (C=N–C) groups is 1. The summed E-state index contributed by atoms with van der Waals surface area (Å²) >= 11 is 0. The number of nitrogens with one attached hydrogen (secondary N) is 2. The molecule has 1 atom stereocenters. The fourth-order valence-electron chi connectivity index (χ4n) is 2.98. The second kappa shape index (κ2) is 11.8. The molecule has 0 aromatic heterocycles. The van der Waals surface area contributed by atoms with Crippen molar-refractivity contribution >= 4 is 29.9 Å². The first-order chi connectivity index (χ1) is 12.1. The first kappa shape index (κ1) is 23.2. The number of guanidine groups is 1. The fraction of sp³-hybridized carbons (Fsp3) is 0.650. The summed E-state index contributed by atoms with van der Waals surface area (Å²) < 4.78 is 11.5. The van der Waals surface area contributed by atoms with Gasteiger partial charge in [-0.2, -0.15) is 0 Å².